The molecule has 96 valence electrons. The highest BCUT2D eigenvalue weighted by molar-refractivity contribution is 5.84. The molecule has 0 saturated heterocycles. The van der Waals surface area contributed by atoms with Crippen molar-refractivity contribution in [2.45, 2.75) is 20.8 Å². The smallest absolute Gasteiger partial charge is 0.131 e. The molecule has 0 radical (unpaired) electrons. The van der Waals surface area contributed by atoms with Crippen molar-refractivity contribution in [3.05, 3.63) is 47.3 Å². The maximum atomic E-state index is 4.64. The number of nitrogens with zero attached hydrogens (tertiary/aromatic N) is 2. The summed E-state index contributed by atoms with van der Waals surface area (Å²) in [5.41, 5.74) is 5.19. The lowest BCUT2D eigenvalue weighted by Crippen LogP contribution is -1.97. The van der Waals surface area contributed by atoms with E-state index in [0.29, 0.717) is 0 Å². The first kappa shape index (κ1) is 11.7. The van der Waals surface area contributed by atoms with Crippen molar-refractivity contribution in [3.63, 3.8) is 0 Å². The summed E-state index contributed by atoms with van der Waals surface area (Å²) in [5.74, 6) is 0.851. The van der Waals surface area contributed by atoms with Crippen molar-refractivity contribution in [2.75, 3.05) is 5.32 Å². The molecule has 2 aromatic heterocycles. The van der Waals surface area contributed by atoms with Gasteiger partial charge in [0.1, 0.15) is 5.82 Å². The Bertz CT molecular complexity index is 723. The number of benzene rings is 1. The van der Waals surface area contributed by atoms with Crippen molar-refractivity contribution < 1.29 is 0 Å². The van der Waals surface area contributed by atoms with Crippen molar-refractivity contribution in [2.24, 2.45) is 0 Å². The SMILES string of the molecule is Cc1n[nH]c(C)c1Nc1cc(C)c2ccccc2n1. The lowest BCUT2D eigenvalue weighted by molar-refractivity contribution is 1.02. The molecule has 4 heteroatoms. The van der Waals surface area contributed by atoms with Gasteiger partial charge in [0.05, 0.1) is 22.6 Å². The van der Waals surface area contributed by atoms with E-state index < -0.39 is 0 Å². The normalized spacial score (nSPS) is 10.9. The molecule has 0 fully saturated rings. The molecule has 0 aliphatic carbocycles. The van der Waals surface area contributed by atoms with E-state index >= 15 is 0 Å². The fourth-order valence-corrected chi connectivity index (χ4v) is 2.28. The van der Waals surface area contributed by atoms with Crippen LogP contribution in [0.1, 0.15) is 17.0 Å². The monoisotopic (exact) mass is 252 g/mol. The number of fused-ring (bicyclic) bond motifs is 1. The third-order valence-corrected chi connectivity index (χ3v) is 3.30. The predicted molar refractivity (Wildman–Crippen MR) is 77.8 cm³/mol. The van der Waals surface area contributed by atoms with Crippen LogP contribution in [0.25, 0.3) is 10.9 Å². The molecule has 0 bridgehead atoms. The number of aromatic nitrogens is 3. The Hall–Kier alpha value is -2.36. The summed E-state index contributed by atoms with van der Waals surface area (Å²) in [6, 6.07) is 10.2. The second-order valence-corrected chi connectivity index (χ2v) is 4.78. The van der Waals surface area contributed by atoms with Crippen LogP contribution in [0, 0.1) is 20.8 Å². The summed E-state index contributed by atoms with van der Waals surface area (Å²) in [6.45, 7) is 6.07. The van der Waals surface area contributed by atoms with E-state index in [0.717, 1.165) is 28.4 Å². The number of aromatic amines is 1. The van der Waals surface area contributed by atoms with Crippen LogP contribution in [0.5, 0.6) is 0 Å². The highest BCUT2D eigenvalue weighted by Crippen LogP contribution is 2.24. The number of nitrogens with one attached hydrogen (secondary N) is 2. The highest BCUT2D eigenvalue weighted by atomic mass is 15.2. The quantitative estimate of drug-likeness (QED) is 0.732. The predicted octanol–water partition coefficient (Wildman–Crippen LogP) is 3.63. The van der Waals surface area contributed by atoms with E-state index in [4.69, 9.17) is 0 Å². The second-order valence-electron chi connectivity index (χ2n) is 4.78. The lowest BCUT2D eigenvalue weighted by atomic mass is 10.1. The molecular formula is C15H16N4. The van der Waals surface area contributed by atoms with Crippen LogP contribution in [-0.2, 0) is 0 Å². The Kier molecular flexibility index (Phi) is 2.71. The van der Waals surface area contributed by atoms with Crippen LogP contribution in [0.15, 0.2) is 30.3 Å². The zero-order valence-corrected chi connectivity index (χ0v) is 11.3. The van der Waals surface area contributed by atoms with E-state index in [2.05, 4.69) is 39.6 Å². The maximum absolute atomic E-state index is 4.64. The topological polar surface area (TPSA) is 53.6 Å². The number of pyridine rings is 1. The standard InChI is InChI=1S/C15H16N4/c1-9-8-14(16-13-7-5-4-6-12(9)13)17-15-10(2)18-19-11(15)3/h4-8H,1-3H3,(H,16,17)(H,18,19). The van der Waals surface area contributed by atoms with Crippen molar-refractivity contribution in [3.8, 4) is 0 Å². The number of aryl methyl sites for hydroxylation is 3. The van der Waals surface area contributed by atoms with Gasteiger partial charge in [-0.25, -0.2) is 4.98 Å². The zero-order valence-electron chi connectivity index (χ0n) is 11.3. The number of H-pyrrole nitrogens is 1. The van der Waals surface area contributed by atoms with Crippen molar-refractivity contribution >= 4 is 22.4 Å². The number of para-hydroxylation sites is 1. The van der Waals surface area contributed by atoms with Gasteiger partial charge in [-0.1, -0.05) is 18.2 Å². The zero-order chi connectivity index (χ0) is 13.4. The van der Waals surface area contributed by atoms with E-state index in [1.807, 2.05) is 32.0 Å². The summed E-state index contributed by atoms with van der Waals surface area (Å²) < 4.78 is 0. The van der Waals surface area contributed by atoms with Gasteiger partial charge in [-0.3, -0.25) is 5.10 Å². The summed E-state index contributed by atoms with van der Waals surface area (Å²) in [6.07, 6.45) is 0. The molecule has 0 amide bonds. The number of anilines is 2. The average Bonchev–Trinajstić information content (AvgIpc) is 2.71. The van der Waals surface area contributed by atoms with Crippen LogP contribution in [0.3, 0.4) is 0 Å². The molecule has 0 unspecified atom stereocenters. The van der Waals surface area contributed by atoms with Gasteiger partial charge in [-0.05, 0) is 38.5 Å². The van der Waals surface area contributed by atoms with E-state index in [1.165, 1.54) is 10.9 Å². The molecule has 0 atom stereocenters. The molecule has 4 nitrogen and oxygen atoms in total. The van der Waals surface area contributed by atoms with Gasteiger partial charge in [0, 0.05) is 5.39 Å². The highest BCUT2D eigenvalue weighted by Gasteiger charge is 2.08. The van der Waals surface area contributed by atoms with Gasteiger partial charge >= 0.3 is 0 Å². The molecule has 3 aromatic rings. The largest absolute Gasteiger partial charge is 0.337 e. The van der Waals surface area contributed by atoms with Crippen LogP contribution < -0.4 is 5.32 Å². The number of rotatable bonds is 2. The van der Waals surface area contributed by atoms with Crippen LogP contribution >= 0.6 is 0 Å². The Morgan fingerprint density at radius 2 is 1.89 bits per heavy atom. The van der Waals surface area contributed by atoms with Gasteiger partial charge in [-0.15, -0.1) is 0 Å². The minimum atomic E-state index is 0.851. The first-order valence-electron chi connectivity index (χ1n) is 6.30. The summed E-state index contributed by atoms with van der Waals surface area (Å²) in [5, 5.41) is 11.7. The third-order valence-electron chi connectivity index (χ3n) is 3.30. The molecule has 3 rings (SSSR count). The minimum Gasteiger partial charge on any atom is -0.337 e. The Morgan fingerprint density at radius 1 is 1.11 bits per heavy atom. The van der Waals surface area contributed by atoms with E-state index in [1.54, 1.807) is 0 Å². The average molecular weight is 252 g/mol. The Morgan fingerprint density at radius 3 is 2.63 bits per heavy atom. The Labute approximate surface area is 111 Å². The first-order valence-corrected chi connectivity index (χ1v) is 6.30. The summed E-state index contributed by atoms with van der Waals surface area (Å²) in [4.78, 5) is 4.64. The molecule has 2 heterocycles. The number of hydrogen-bond acceptors (Lipinski definition) is 3. The molecule has 0 aliphatic heterocycles. The summed E-state index contributed by atoms with van der Waals surface area (Å²) in [7, 11) is 0. The molecule has 0 spiro atoms. The molecule has 0 aliphatic rings. The minimum absolute atomic E-state index is 0.851. The Balaban J connectivity index is 2.07. The number of hydrogen-bond donors (Lipinski definition) is 2. The van der Waals surface area contributed by atoms with Crippen LogP contribution in [0.2, 0.25) is 0 Å². The molecule has 2 N–H and O–H groups in total. The third kappa shape index (κ3) is 2.05. The van der Waals surface area contributed by atoms with E-state index in [-0.39, 0.29) is 0 Å². The molecule has 19 heavy (non-hydrogen) atoms. The molecule has 1 aromatic carbocycles. The van der Waals surface area contributed by atoms with Crippen molar-refractivity contribution in [1.82, 2.24) is 15.2 Å². The lowest BCUT2D eigenvalue weighted by Gasteiger charge is -2.09. The first-order chi connectivity index (χ1) is 9.15. The van der Waals surface area contributed by atoms with Gasteiger partial charge in [0.15, 0.2) is 0 Å². The van der Waals surface area contributed by atoms with Gasteiger partial charge in [-0.2, -0.15) is 5.10 Å². The fourth-order valence-electron chi connectivity index (χ4n) is 2.28. The maximum Gasteiger partial charge on any atom is 0.131 e. The van der Waals surface area contributed by atoms with Crippen molar-refractivity contribution in [1.29, 1.82) is 0 Å². The summed E-state index contributed by atoms with van der Waals surface area (Å²) >= 11 is 0. The fraction of sp³-hybridized carbons (Fsp3) is 0.200. The van der Waals surface area contributed by atoms with Gasteiger partial charge in [0.2, 0.25) is 0 Å². The van der Waals surface area contributed by atoms with Gasteiger partial charge in [0.25, 0.3) is 0 Å². The second kappa shape index (κ2) is 4.39. The van der Waals surface area contributed by atoms with Gasteiger partial charge < -0.3 is 5.32 Å². The van der Waals surface area contributed by atoms with Crippen LogP contribution in [-0.4, -0.2) is 15.2 Å². The van der Waals surface area contributed by atoms with E-state index in [9.17, 15) is 0 Å². The molecule has 0 saturated carbocycles. The van der Waals surface area contributed by atoms with Crippen LogP contribution in [0.4, 0.5) is 11.5 Å². The molecular weight excluding hydrogens is 236 g/mol.